The summed E-state index contributed by atoms with van der Waals surface area (Å²) in [5, 5.41) is 0. The van der Waals surface area contributed by atoms with Crippen molar-refractivity contribution in [2.24, 2.45) is 5.92 Å². The average Bonchev–Trinajstić information content (AvgIpc) is 2.64. The first-order chi connectivity index (χ1) is 13.0. The lowest BCUT2D eigenvalue weighted by atomic mass is 9.77. The van der Waals surface area contributed by atoms with Gasteiger partial charge in [0.25, 0.3) is 0 Å². The molecule has 1 fully saturated rings. The Kier molecular flexibility index (Phi) is 6.56. The largest absolute Gasteiger partial charge is 0.207 e. The fourth-order valence-electron chi connectivity index (χ4n) is 4.25. The number of hydrogen-bond donors (Lipinski definition) is 0. The van der Waals surface area contributed by atoms with E-state index in [1.807, 2.05) is 0 Å². The number of halogens is 4. The summed E-state index contributed by atoms with van der Waals surface area (Å²) >= 11 is 0. The zero-order valence-electron chi connectivity index (χ0n) is 15.7. The Morgan fingerprint density at radius 1 is 0.778 bits per heavy atom. The highest BCUT2D eigenvalue weighted by Gasteiger charge is 2.23. The van der Waals surface area contributed by atoms with Gasteiger partial charge in [0.15, 0.2) is 11.6 Å². The molecule has 0 unspecified atom stereocenters. The van der Waals surface area contributed by atoms with Gasteiger partial charge in [-0.25, -0.2) is 17.6 Å². The minimum absolute atomic E-state index is 0.0168. The molecular weight excluding hydrogens is 352 g/mol. The van der Waals surface area contributed by atoms with Gasteiger partial charge in [0, 0.05) is 5.56 Å². The smallest absolute Gasteiger partial charge is 0.159 e. The van der Waals surface area contributed by atoms with Crippen LogP contribution in [0.25, 0.3) is 0 Å². The molecule has 0 saturated heterocycles. The molecule has 2 aromatic carbocycles. The molecule has 4 heteroatoms. The second-order valence-electron chi connectivity index (χ2n) is 7.72. The minimum Gasteiger partial charge on any atom is -0.207 e. The van der Waals surface area contributed by atoms with Gasteiger partial charge in [0.2, 0.25) is 0 Å². The van der Waals surface area contributed by atoms with Gasteiger partial charge in [-0.3, -0.25) is 0 Å². The first-order valence-electron chi connectivity index (χ1n) is 9.89. The van der Waals surface area contributed by atoms with Crippen molar-refractivity contribution in [2.45, 2.75) is 64.2 Å². The molecule has 3 rings (SSSR count). The van der Waals surface area contributed by atoms with E-state index in [9.17, 15) is 17.6 Å². The Morgan fingerprint density at radius 2 is 1.44 bits per heavy atom. The second kappa shape index (κ2) is 8.90. The molecule has 0 aliphatic heterocycles. The summed E-state index contributed by atoms with van der Waals surface area (Å²) in [7, 11) is 0. The molecule has 146 valence electrons. The molecule has 27 heavy (non-hydrogen) atoms. The summed E-state index contributed by atoms with van der Waals surface area (Å²) in [5.74, 6) is -1.97. The number of benzene rings is 2. The molecule has 0 N–H and O–H groups in total. The summed E-state index contributed by atoms with van der Waals surface area (Å²) in [6.07, 6.45) is 7.01. The van der Waals surface area contributed by atoms with Crippen LogP contribution in [0.15, 0.2) is 30.3 Å². The summed E-state index contributed by atoms with van der Waals surface area (Å²) in [6, 6.07) is 6.49. The SMILES string of the molecule is CCCC1CCC(c2cc(F)c(CCc3ccc(F)c(F)c3)c(F)c2)CC1. The minimum atomic E-state index is -0.942. The van der Waals surface area contributed by atoms with Crippen LogP contribution < -0.4 is 0 Å². The Hall–Kier alpha value is -1.84. The van der Waals surface area contributed by atoms with E-state index in [0.29, 0.717) is 5.56 Å². The first-order valence-corrected chi connectivity index (χ1v) is 9.89. The van der Waals surface area contributed by atoms with Gasteiger partial charge in [-0.05, 0) is 85.8 Å². The monoisotopic (exact) mass is 378 g/mol. The van der Waals surface area contributed by atoms with E-state index in [-0.39, 0.29) is 24.3 Å². The van der Waals surface area contributed by atoms with E-state index in [4.69, 9.17) is 0 Å². The second-order valence-corrected chi connectivity index (χ2v) is 7.72. The van der Waals surface area contributed by atoms with Crippen molar-refractivity contribution in [3.63, 3.8) is 0 Å². The van der Waals surface area contributed by atoms with Crippen molar-refractivity contribution in [2.75, 3.05) is 0 Å². The molecule has 0 nitrogen and oxygen atoms in total. The highest BCUT2D eigenvalue weighted by atomic mass is 19.2. The third kappa shape index (κ3) is 4.91. The van der Waals surface area contributed by atoms with Gasteiger partial charge in [-0.2, -0.15) is 0 Å². The van der Waals surface area contributed by atoms with Crippen LogP contribution in [0.5, 0.6) is 0 Å². The molecule has 0 spiro atoms. The van der Waals surface area contributed by atoms with Crippen LogP contribution in [0.4, 0.5) is 17.6 Å². The van der Waals surface area contributed by atoms with Crippen LogP contribution in [0.1, 0.15) is 68.1 Å². The molecule has 0 atom stereocenters. The van der Waals surface area contributed by atoms with Crippen LogP contribution in [-0.2, 0) is 12.8 Å². The van der Waals surface area contributed by atoms with Crippen LogP contribution in [0, 0.1) is 29.2 Å². The summed E-state index contributed by atoms with van der Waals surface area (Å²) in [4.78, 5) is 0. The third-order valence-electron chi connectivity index (χ3n) is 5.83. The Morgan fingerprint density at radius 3 is 2.04 bits per heavy atom. The summed E-state index contributed by atoms with van der Waals surface area (Å²) < 4.78 is 55.3. The number of hydrogen-bond acceptors (Lipinski definition) is 0. The molecule has 0 aromatic heterocycles. The molecule has 1 aliphatic rings. The zero-order valence-corrected chi connectivity index (χ0v) is 15.7. The van der Waals surface area contributed by atoms with Crippen molar-refractivity contribution >= 4 is 0 Å². The lowest BCUT2D eigenvalue weighted by Gasteiger charge is -2.29. The predicted octanol–water partition coefficient (Wildman–Crippen LogP) is 7.10. The van der Waals surface area contributed by atoms with Gasteiger partial charge in [-0.15, -0.1) is 0 Å². The maximum absolute atomic E-state index is 14.5. The van der Waals surface area contributed by atoms with Gasteiger partial charge in [-0.1, -0.05) is 25.8 Å². The van der Waals surface area contributed by atoms with Crippen molar-refractivity contribution in [3.05, 3.63) is 70.3 Å². The molecule has 1 saturated carbocycles. The topological polar surface area (TPSA) is 0 Å². The van der Waals surface area contributed by atoms with Crippen molar-refractivity contribution < 1.29 is 17.6 Å². The van der Waals surface area contributed by atoms with Crippen LogP contribution >= 0.6 is 0 Å². The van der Waals surface area contributed by atoms with E-state index in [1.54, 1.807) is 0 Å². The fourth-order valence-corrected chi connectivity index (χ4v) is 4.25. The lowest BCUT2D eigenvalue weighted by Crippen LogP contribution is -2.14. The van der Waals surface area contributed by atoms with E-state index in [0.717, 1.165) is 49.3 Å². The van der Waals surface area contributed by atoms with Gasteiger partial charge < -0.3 is 0 Å². The molecule has 0 bridgehead atoms. The lowest BCUT2D eigenvalue weighted by molar-refractivity contribution is 0.307. The maximum atomic E-state index is 14.5. The highest BCUT2D eigenvalue weighted by molar-refractivity contribution is 5.30. The summed E-state index contributed by atoms with van der Waals surface area (Å²) in [5.41, 5.74) is 1.28. The average molecular weight is 378 g/mol. The molecule has 2 aromatic rings. The van der Waals surface area contributed by atoms with Crippen molar-refractivity contribution in [1.82, 2.24) is 0 Å². The third-order valence-corrected chi connectivity index (χ3v) is 5.83. The molecular formula is C23H26F4. The van der Waals surface area contributed by atoms with E-state index < -0.39 is 23.3 Å². The van der Waals surface area contributed by atoms with Crippen LogP contribution in [0.3, 0.4) is 0 Å². The van der Waals surface area contributed by atoms with E-state index in [1.165, 1.54) is 31.0 Å². The molecule has 0 amide bonds. The number of rotatable bonds is 6. The first kappa shape index (κ1) is 19.9. The van der Waals surface area contributed by atoms with Gasteiger partial charge in [0.1, 0.15) is 11.6 Å². The van der Waals surface area contributed by atoms with Gasteiger partial charge >= 0.3 is 0 Å². The van der Waals surface area contributed by atoms with Crippen LogP contribution in [0.2, 0.25) is 0 Å². The fraction of sp³-hybridized carbons (Fsp3) is 0.478. The Balaban J connectivity index is 1.67. The normalized spacial score (nSPS) is 20.0. The summed E-state index contributed by atoms with van der Waals surface area (Å²) in [6.45, 7) is 2.19. The quantitative estimate of drug-likeness (QED) is 0.470. The highest BCUT2D eigenvalue weighted by Crippen LogP contribution is 2.38. The maximum Gasteiger partial charge on any atom is 0.159 e. The van der Waals surface area contributed by atoms with E-state index >= 15 is 0 Å². The van der Waals surface area contributed by atoms with Crippen molar-refractivity contribution in [1.29, 1.82) is 0 Å². The van der Waals surface area contributed by atoms with Crippen LogP contribution in [-0.4, -0.2) is 0 Å². The standard InChI is InChI=1S/C23H26F4/c1-2-3-15-4-8-17(9-5-15)18-13-21(25)19(22(26)14-18)10-6-16-7-11-20(24)23(27)12-16/h7,11-15,17H,2-6,8-10H2,1H3. The van der Waals surface area contributed by atoms with E-state index in [2.05, 4.69) is 6.92 Å². The zero-order chi connectivity index (χ0) is 19.4. The molecule has 0 heterocycles. The molecule has 1 aliphatic carbocycles. The van der Waals surface area contributed by atoms with Crippen molar-refractivity contribution in [3.8, 4) is 0 Å². The number of aryl methyl sites for hydroxylation is 1. The predicted molar refractivity (Wildman–Crippen MR) is 99.7 cm³/mol. The Labute approximate surface area is 158 Å². The Bertz CT molecular complexity index is 753. The van der Waals surface area contributed by atoms with Gasteiger partial charge in [0.05, 0.1) is 0 Å². The molecule has 0 radical (unpaired) electrons.